The van der Waals surface area contributed by atoms with Crippen molar-refractivity contribution in [3.05, 3.63) is 107 Å². The quantitative estimate of drug-likeness (QED) is 0.0963. The third kappa shape index (κ3) is 7.78. The number of halogens is 1. The van der Waals surface area contributed by atoms with Gasteiger partial charge in [-0.25, -0.2) is 4.39 Å². The number of carbonyl (C=O) groups excluding carboxylic acids is 2. The highest BCUT2D eigenvalue weighted by Gasteiger charge is 2.57. The molecule has 3 N–H and O–H groups in total. The maximum atomic E-state index is 14.3. The van der Waals surface area contributed by atoms with Gasteiger partial charge in [0, 0.05) is 12.0 Å². The molecule has 3 aromatic carbocycles. The molecule has 9 heteroatoms. The van der Waals surface area contributed by atoms with Gasteiger partial charge in [-0.05, 0) is 82.8 Å². The summed E-state index contributed by atoms with van der Waals surface area (Å²) >= 11 is 0. The average molecular weight is 754 g/mol. The van der Waals surface area contributed by atoms with E-state index < -0.39 is 43.7 Å². The molecule has 2 fully saturated rings. The van der Waals surface area contributed by atoms with Gasteiger partial charge in [0.05, 0.1) is 31.2 Å². The number of hydrogen-bond donors (Lipinski definition) is 3. The van der Waals surface area contributed by atoms with Gasteiger partial charge in [0.25, 0.3) is 8.32 Å². The minimum absolute atomic E-state index is 0.129. The molecule has 6 rings (SSSR count). The first-order chi connectivity index (χ1) is 25.9. The largest absolute Gasteiger partial charge is 0.505 e. The lowest BCUT2D eigenvalue weighted by atomic mass is 9.68. The van der Waals surface area contributed by atoms with Crippen LogP contribution in [0.2, 0.25) is 5.04 Å². The molecule has 0 bridgehead atoms. The summed E-state index contributed by atoms with van der Waals surface area (Å²) in [4.78, 5) is 30.1. The highest BCUT2D eigenvalue weighted by molar-refractivity contribution is 6.99. The summed E-state index contributed by atoms with van der Waals surface area (Å²) in [6, 6.07) is 24.8. The Labute approximate surface area is 320 Å². The third-order valence-electron chi connectivity index (χ3n) is 12.1. The van der Waals surface area contributed by atoms with Crippen molar-refractivity contribution in [3.8, 4) is 5.75 Å². The van der Waals surface area contributed by atoms with E-state index in [-0.39, 0.29) is 42.5 Å². The summed E-state index contributed by atoms with van der Waals surface area (Å²) in [6.45, 7) is 8.39. The number of rotatable bonds is 13. The van der Waals surface area contributed by atoms with Crippen LogP contribution in [0, 0.1) is 23.6 Å². The number of allylic oxidation sites excluding steroid dienone is 1. The zero-order valence-electron chi connectivity index (χ0n) is 32.1. The lowest BCUT2D eigenvalue weighted by Gasteiger charge is -2.44. The van der Waals surface area contributed by atoms with Gasteiger partial charge in [-0.2, -0.15) is 0 Å². The molecule has 0 aromatic heterocycles. The first-order valence-corrected chi connectivity index (χ1v) is 21.6. The van der Waals surface area contributed by atoms with Gasteiger partial charge in [-0.1, -0.05) is 125 Å². The Morgan fingerprint density at radius 1 is 0.963 bits per heavy atom. The zero-order chi connectivity index (χ0) is 38.6. The molecule has 2 amide bonds. The van der Waals surface area contributed by atoms with E-state index in [1.165, 1.54) is 17.0 Å². The molecule has 4 atom stereocenters. The van der Waals surface area contributed by atoms with E-state index in [1.807, 2.05) is 49.4 Å². The Hall–Kier alpha value is -3.89. The standard InChI is InChI=1S/C45H56FNO6Si/c1-5-30(25-31-22-23-39(49)38(46)26-31)21-24-40(50)41-32(27-36-42(37(41)28-48)44(52)47(43(36)51)33-15-9-6-10-16-33)29-53-54(45(2,3)4,34-17-11-7-12-18-34)35-19-13-8-14-20-35/h7-8,11-14,17-20,22-23,25-26,33,36-37,40,42,48-50H,5-6,9-10,15-16,21,24,27-29H2,1-4H3/b30-25+/t36-,37+,40-,42-/m1/s1. The van der Waals surface area contributed by atoms with E-state index >= 15 is 0 Å². The van der Waals surface area contributed by atoms with Gasteiger partial charge >= 0.3 is 0 Å². The molecule has 1 saturated carbocycles. The average Bonchev–Trinajstić information content (AvgIpc) is 3.43. The van der Waals surface area contributed by atoms with E-state index in [0.29, 0.717) is 30.4 Å². The molecule has 54 heavy (non-hydrogen) atoms. The molecule has 1 saturated heterocycles. The highest BCUT2D eigenvalue weighted by atomic mass is 28.4. The minimum atomic E-state index is -3.03. The van der Waals surface area contributed by atoms with Crippen molar-refractivity contribution in [2.75, 3.05) is 13.2 Å². The van der Waals surface area contributed by atoms with Crippen molar-refractivity contribution >= 4 is 36.6 Å². The van der Waals surface area contributed by atoms with Crippen molar-refractivity contribution in [3.63, 3.8) is 0 Å². The first-order valence-electron chi connectivity index (χ1n) is 19.7. The number of imide groups is 1. The van der Waals surface area contributed by atoms with Crippen molar-refractivity contribution in [2.45, 2.75) is 103 Å². The van der Waals surface area contributed by atoms with Crippen molar-refractivity contribution < 1.29 is 33.7 Å². The molecule has 1 aliphatic heterocycles. The molecule has 1 heterocycles. The van der Waals surface area contributed by atoms with E-state index in [9.17, 15) is 29.3 Å². The fourth-order valence-corrected chi connectivity index (χ4v) is 14.0. The fraction of sp³-hybridized carbons (Fsp3) is 0.467. The Bertz CT molecular complexity index is 1810. The molecule has 3 aromatic rings. The van der Waals surface area contributed by atoms with E-state index in [0.717, 1.165) is 53.6 Å². The molecule has 7 nitrogen and oxygen atoms in total. The summed E-state index contributed by atoms with van der Waals surface area (Å²) in [5.41, 5.74) is 2.98. The number of hydrogen-bond acceptors (Lipinski definition) is 6. The molecule has 3 aliphatic rings. The van der Waals surface area contributed by atoms with Crippen LogP contribution in [0.25, 0.3) is 6.08 Å². The van der Waals surface area contributed by atoms with Crippen LogP contribution in [0.1, 0.15) is 91.0 Å². The van der Waals surface area contributed by atoms with E-state index in [1.54, 1.807) is 6.07 Å². The number of likely N-dealkylation sites (tertiary alicyclic amines) is 1. The summed E-state index contributed by atoms with van der Waals surface area (Å²) < 4.78 is 21.6. The summed E-state index contributed by atoms with van der Waals surface area (Å²) in [6.07, 6.45) is 7.23. The van der Waals surface area contributed by atoms with Crippen LogP contribution in [0.15, 0.2) is 95.6 Å². The van der Waals surface area contributed by atoms with Gasteiger partial charge in [-0.3, -0.25) is 14.5 Å². The normalized spacial score (nSPS) is 22.2. The zero-order valence-corrected chi connectivity index (χ0v) is 33.1. The van der Waals surface area contributed by atoms with Crippen LogP contribution in [0.3, 0.4) is 0 Å². The lowest BCUT2D eigenvalue weighted by molar-refractivity contribution is -0.143. The smallest absolute Gasteiger partial charge is 0.261 e. The number of aliphatic hydroxyl groups is 2. The molecule has 0 spiro atoms. The predicted octanol–water partition coefficient (Wildman–Crippen LogP) is 7.29. The van der Waals surface area contributed by atoms with Crippen LogP contribution in [0.4, 0.5) is 4.39 Å². The van der Waals surface area contributed by atoms with Crippen molar-refractivity contribution in [1.29, 1.82) is 0 Å². The molecule has 2 aliphatic carbocycles. The number of amides is 2. The molecule has 0 unspecified atom stereocenters. The second kappa shape index (κ2) is 16.9. The minimum Gasteiger partial charge on any atom is -0.505 e. The van der Waals surface area contributed by atoms with Gasteiger partial charge in [0.2, 0.25) is 11.8 Å². The van der Waals surface area contributed by atoms with Crippen molar-refractivity contribution in [1.82, 2.24) is 4.90 Å². The van der Waals surface area contributed by atoms with Crippen LogP contribution in [-0.2, 0) is 14.0 Å². The second-order valence-corrected chi connectivity index (χ2v) is 20.7. The molecular weight excluding hydrogens is 698 g/mol. The second-order valence-electron chi connectivity index (χ2n) is 16.4. The Morgan fingerprint density at radius 3 is 2.15 bits per heavy atom. The van der Waals surface area contributed by atoms with E-state index in [2.05, 4.69) is 45.0 Å². The maximum Gasteiger partial charge on any atom is 0.261 e. The highest BCUT2D eigenvalue weighted by Crippen LogP contribution is 2.48. The maximum absolute atomic E-state index is 14.3. The van der Waals surface area contributed by atoms with Crippen LogP contribution in [0.5, 0.6) is 5.75 Å². The number of fused-ring (bicyclic) bond motifs is 1. The molecular formula is C45H56FNO6Si. The topological polar surface area (TPSA) is 107 Å². The van der Waals surface area contributed by atoms with Crippen molar-refractivity contribution in [2.24, 2.45) is 17.8 Å². The van der Waals surface area contributed by atoms with Gasteiger partial charge < -0.3 is 19.7 Å². The Kier molecular flexibility index (Phi) is 12.4. The van der Waals surface area contributed by atoms with E-state index in [4.69, 9.17) is 4.43 Å². The number of aromatic hydroxyl groups is 1. The monoisotopic (exact) mass is 753 g/mol. The number of aliphatic hydroxyl groups excluding tert-OH is 2. The summed E-state index contributed by atoms with van der Waals surface area (Å²) in [5, 5.41) is 34.9. The number of nitrogens with zero attached hydrogens (tertiary/aromatic N) is 1. The SMILES string of the molecule is CC/C(=C\c1ccc(O)c(F)c1)CC[C@@H](O)C1=C(CO[Si](c2ccccc2)(c2ccccc2)C(C)(C)C)C[C@H]2C(=O)N(C3CCCCC3)C(=O)[C@H]2[C@H]1CO. The number of phenols is 1. The molecule has 288 valence electrons. The molecule has 0 radical (unpaired) electrons. The number of phenolic OH excluding ortho intramolecular Hbond substituents is 1. The summed E-state index contributed by atoms with van der Waals surface area (Å²) in [7, 11) is -3.03. The summed E-state index contributed by atoms with van der Waals surface area (Å²) in [5.74, 6) is -3.60. The number of carbonyl (C=O) groups is 2. The third-order valence-corrected chi connectivity index (χ3v) is 17.1. The van der Waals surface area contributed by atoms with Crippen LogP contribution < -0.4 is 10.4 Å². The van der Waals surface area contributed by atoms with Gasteiger partial charge in [0.15, 0.2) is 11.6 Å². The first kappa shape index (κ1) is 39.8. The number of benzene rings is 3. The predicted molar refractivity (Wildman–Crippen MR) is 213 cm³/mol. The van der Waals surface area contributed by atoms with Gasteiger partial charge in [0.1, 0.15) is 0 Å². The Morgan fingerprint density at radius 2 is 1.59 bits per heavy atom. The van der Waals surface area contributed by atoms with Crippen LogP contribution >= 0.6 is 0 Å². The Balaban J connectivity index is 1.40. The van der Waals surface area contributed by atoms with Crippen LogP contribution in [-0.4, -0.2) is 65.7 Å². The lowest BCUT2D eigenvalue weighted by Crippen LogP contribution is -2.66. The van der Waals surface area contributed by atoms with Gasteiger partial charge in [-0.15, -0.1) is 0 Å². The fourth-order valence-electron chi connectivity index (χ4n) is 9.45.